The first-order chi connectivity index (χ1) is 11.4. The van der Waals surface area contributed by atoms with Gasteiger partial charge in [-0.05, 0) is 19.3 Å². The second-order valence-electron chi connectivity index (χ2n) is 5.73. The van der Waals surface area contributed by atoms with Crippen LogP contribution in [0, 0.1) is 5.92 Å². The highest BCUT2D eigenvalue weighted by Gasteiger charge is 2.15. The van der Waals surface area contributed by atoms with Gasteiger partial charge in [-0.2, -0.15) is 0 Å². The van der Waals surface area contributed by atoms with E-state index in [2.05, 4.69) is 15.5 Å². The first-order valence-electron chi connectivity index (χ1n) is 8.11. The van der Waals surface area contributed by atoms with Crippen LogP contribution in [0.3, 0.4) is 0 Å². The molecule has 136 valence electrons. The first-order valence-corrected chi connectivity index (χ1v) is 9.10. The number of carbonyl (C=O) groups excluding carboxylic acids is 2. The average molecular weight is 357 g/mol. The van der Waals surface area contributed by atoms with Crippen LogP contribution in [-0.2, 0) is 27.3 Å². The normalized spacial score (nSPS) is 11.0. The molecule has 1 heterocycles. The number of amides is 2. The maximum absolute atomic E-state index is 11.8. The smallest absolute Gasteiger partial charge is 0.230 e. The Balaban J connectivity index is 2.65. The summed E-state index contributed by atoms with van der Waals surface area (Å²) in [5.41, 5.74) is 5.25. The molecule has 0 spiro atoms. The Morgan fingerprint density at radius 3 is 2.75 bits per heavy atom. The summed E-state index contributed by atoms with van der Waals surface area (Å²) < 4.78 is 7.17. The van der Waals surface area contributed by atoms with Crippen molar-refractivity contribution in [3.05, 3.63) is 5.82 Å². The Bertz CT molecular complexity index is 533. The van der Waals surface area contributed by atoms with Gasteiger partial charge < -0.3 is 20.4 Å². The molecule has 0 fully saturated rings. The summed E-state index contributed by atoms with van der Waals surface area (Å²) in [6.07, 6.45) is 0.798. The fourth-order valence-electron chi connectivity index (χ4n) is 1.91. The van der Waals surface area contributed by atoms with E-state index in [1.54, 1.807) is 0 Å². The summed E-state index contributed by atoms with van der Waals surface area (Å²) in [7, 11) is 0. The summed E-state index contributed by atoms with van der Waals surface area (Å²) in [5, 5.41) is 11.6. The predicted octanol–water partition coefficient (Wildman–Crippen LogP) is 0.597. The minimum absolute atomic E-state index is 0.0295. The van der Waals surface area contributed by atoms with Crippen molar-refractivity contribution in [2.24, 2.45) is 11.7 Å². The van der Waals surface area contributed by atoms with Crippen molar-refractivity contribution in [2.75, 3.05) is 25.5 Å². The molecule has 0 aliphatic heterocycles. The Morgan fingerprint density at radius 2 is 2.12 bits per heavy atom. The number of hydrogen-bond acceptors (Lipinski definition) is 6. The van der Waals surface area contributed by atoms with E-state index in [1.165, 1.54) is 11.8 Å². The SMILES string of the molecule is CCOCCCn1c(CC(N)=O)nnc1SCC(=O)NCC(C)C. The molecule has 1 aromatic heterocycles. The lowest BCUT2D eigenvalue weighted by atomic mass is 10.2. The van der Waals surface area contributed by atoms with Crippen molar-refractivity contribution < 1.29 is 14.3 Å². The topological polar surface area (TPSA) is 112 Å². The molecule has 2 amide bonds. The molecule has 0 aliphatic rings. The minimum atomic E-state index is -0.459. The Kier molecular flexibility index (Phi) is 9.39. The van der Waals surface area contributed by atoms with Gasteiger partial charge in [0.1, 0.15) is 5.82 Å². The maximum Gasteiger partial charge on any atom is 0.230 e. The molecule has 0 radical (unpaired) electrons. The number of nitrogens with one attached hydrogen (secondary N) is 1. The van der Waals surface area contributed by atoms with Gasteiger partial charge in [0.25, 0.3) is 0 Å². The molecule has 0 unspecified atom stereocenters. The lowest BCUT2D eigenvalue weighted by Crippen LogP contribution is -2.28. The molecule has 0 aliphatic carbocycles. The van der Waals surface area contributed by atoms with Gasteiger partial charge in [0.05, 0.1) is 12.2 Å². The third-order valence-corrected chi connectivity index (χ3v) is 4.01. The number of aromatic nitrogens is 3. The molecular weight excluding hydrogens is 330 g/mol. The van der Waals surface area contributed by atoms with E-state index < -0.39 is 5.91 Å². The van der Waals surface area contributed by atoms with Crippen LogP contribution < -0.4 is 11.1 Å². The minimum Gasteiger partial charge on any atom is -0.382 e. The number of nitrogens with zero attached hydrogens (tertiary/aromatic N) is 3. The van der Waals surface area contributed by atoms with Crippen molar-refractivity contribution in [3.63, 3.8) is 0 Å². The highest BCUT2D eigenvalue weighted by atomic mass is 32.2. The Morgan fingerprint density at radius 1 is 1.38 bits per heavy atom. The van der Waals surface area contributed by atoms with E-state index in [0.29, 0.717) is 43.2 Å². The second-order valence-corrected chi connectivity index (χ2v) is 6.67. The lowest BCUT2D eigenvalue weighted by Gasteiger charge is -2.10. The number of hydrogen-bond donors (Lipinski definition) is 2. The van der Waals surface area contributed by atoms with E-state index in [4.69, 9.17) is 10.5 Å². The molecule has 0 aromatic carbocycles. The second kappa shape index (κ2) is 11.0. The van der Waals surface area contributed by atoms with Crippen LogP contribution in [0.1, 0.15) is 33.0 Å². The van der Waals surface area contributed by atoms with Gasteiger partial charge in [0, 0.05) is 26.3 Å². The third-order valence-electron chi connectivity index (χ3n) is 3.04. The van der Waals surface area contributed by atoms with Gasteiger partial charge in [-0.15, -0.1) is 10.2 Å². The number of ether oxygens (including phenoxy) is 1. The van der Waals surface area contributed by atoms with Crippen molar-refractivity contribution >= 4 is 23.6 Å². The van der Waals surface area contributed by atoms with Crippen LogP contribution in [-0.4, -0.2) is 52.1 Å². The standard InChI is InChI=1S/C15H27N5O3S/c1-4-23-7-5-6-20-13(8-12(16)21)18-19-15(20)24-10-14(22)17-9-11(2)3/h11H,4-10H2,1-3H3,(H2,16,21)(H,17,22). The van der Waals surface area contributed by atoms with E-state index in [9.17, 15) is 9.59 Å². The quantitative estimate of drug-likeness (QED) is 0.418. The zero-order valence-corrected chi connectivity index (χ0v) is 15.4. The van der Waals surface area contributed by atoms with Crippen molar-refractivity contribution in [2.45, 2.75) is 45.3 Å². The van der Waals surface area contributed by atoms with Crippen LogP contribution in [0.2, 0.25) is 0 Å². The largest absolute Gasteiger partial charge is 0.382 e. The highest BCUT2D eigenvalue weighted by Crippen LogP contribution is 2.17. The molecule has 0 saturated carbocycles. The van der Waals surface area contributed by atoms with Gasteiger partial charge in [0.15, 0.2) is 5.16 Å². The summed E-state index contributed by atoms with van der Waals surface area (Å²) in [6, 6.07) is 0. The Labute approximate surface area is 146 Å². The molecule has 1 aromatic rings. The van der Waals surface area contributed by atoms with Gasteiger partial charge in [-0.3, -0.25) is 9.59 Å². The molecule has 24 heavy (non-hydrogen) atoms. The summed E-state index contributed by atoms with van der Waals surface area (Å²) in [4.78, 5) is 23.0. The Hall–Kier alpha value is -1.61. The third kappa shape index (κ3) is 7.78. The van der Waals surface area contributed by atoms with Gasteiger partial charge in [-0.25, -0.2) is 0 Å². The van der Waals surface area contributed by atoms with Crippen molar-refractivity contribution in [1.82, 2.24) is 20.1 Å². The first kappa shape index (κ1) is 20.4. The molecule has 3 N–H and O–H groups in total. The fraction of sp³-hybridized carbons (Fsp3) is 0.733. The fourth-order valence-corrected chi connectivity index (χ4v) is 2.72. The molecular formula is C15H27N5O3S. The summed E-state index contributed by atoms with van der Waals surface area (Å²) in [5.74, 6) is 0.675. The molecule has 9 heteroatoms. The summed E-state index contributed by atoms with van der Waals surface area (Å²) >= 11 is 1.30. The number of rotatable bonds is 12. The average Bonchev–Trinajstić information content (AvgIpc) is 2.88. The molecule has 0 saturated heterocycles. The maximum atomic E-state index is 11.8. The lowest BCUT2D eigenvalue weighted by molar-refractivity contribution is -0.119. The van der Waals surface area contributed by atoms with Crippen LogP contribution in [0.15, 0.2) is 5.16 Å². The summed E-state index contributed by atoms with van der Waals surface area (Å²) in [6.45, 7) is 8.56. The number of primary amides is 1. The molecule has 0 atom stereocenters. The number of carbonyl (C=O) groups is 2. The van der Waals surface area contributed by atoms with E-state index >= 15 is 0 Å². The number of nitrogens with two attached hydrogens (primary N) is 1. The van der Waals surface area contributed by atoms with Gasteiger partial charge >= 0.3 is 0 Å². The predicted molar refractivity (Wildman–Crippen MR) is 92.6 cm³/mol. The van der Waals surface area contributed by atoms with Crippen LogP contribution >= 0.6 is 11.8 Å². The van der Waals surface area contributed by atoms with Crippen molar-refractivity contribution in [1.29, 1.82) is 0 Å². The van der Waals surface area contributed by atoms with Crippen LogP contribution in [0.5, 0.6) is 0 Å². The van der Waals surface area contributed by atoms with Gasteiger partial charge in [0.2, 0.25) is 11.8 Å². The zero-order valence-electron chi connectivity index (χ0n) is 14.6. The van der Waals surface area contributed by atoms with E-state index in [1.807, 2.05) is 25.3 Å². The number of thioether (sulfide) groups is 1. The van der Waals surface area contributed by atoms with Gasteiger partial charge in [-0.1, -0.05) is 25.6 Å². The van der Waals surface area contributed by atoms with E-state index in [-0.39, 0.29) is 18.1 Å². The van der Waals surface area contributed by atoms with Crippen LogP contribution in [0.25, 0.3) is 0 Å². The van der Waals surface area contributed by atoms with Crippen molar-refractivity contribution in [3.8, 4) is 0 Å². The van der Waals surface area contributed by atoms with E-state index in [0.717, 1.165) is 6.42 Å². The highest BCUT2D eigenvalue weighted by molar-refractivity contribution is 7.99. The zero-order chi connectivity index (χ0) is 17.9. The molecule has 8 nitrogen and oxygen atoms in total. The van der Waals surface area contributed by atoms with Crippen LogP contribution in [0.4, 0.5) is 0 Å². The molecule has 0 bridgehead atoms. The molecule has 1 rings (SSSR count). The monoisotopic (exact) mass is 357 g/mol.